The van der Waals surface area contributed by atoms with Gasteiger partial charge in [-0.1, -0.05) is 6.58 Å². The van der Waals surface area contributed by atoms with E-state index >= 15 is 0 Å². The number of rotatable bonds is 2. The maximum atomic E-state index is 11.5. The highest BCUT2D eigenvalue weighted by Crippen LogP contribution is 2.17. The van der Waals surface area contributed by atoms with Gasteiger partial charge in [0.1, 0.15) is 11.0 Å². The Morgan fingerprint density at radius 3 is 2.54 bits per heavy atom. The smallest absolute Gasteiger partial charge is 0.119 e. The van der Waals surface area contributed by atoms with Crippen molar-refractivity contribution in [3.8, 4) is 0 Å². The summed E-state index contributed by atoms with van der Waals surface area (Å²) in [6, 6.07) is 0.787. The zero-order valence-corrected chi connectivity index (χ0v) is 9.38. The Labute approximate surface area is 83.0 Å². The zero-order valence-electron chi connectivity index (χ0n) is 8.56. The number of piperazine rings is 1. The molecule has 1 fully saturated rings. The monoisotopic (exact) mass is 202 g/mol. The molecule has 1 heterocycles. The first kappa shape index (κ1) is 10.9. The number of hydrogen-bond acceptors (Lipinski definition) is 2. The predicted octanol–water partition coefficient (Wildman–Crippen LogP) is 0.818. The molecule has 0 radical (unpaired) electrons. The van der Waals surface area contributed by atoms with E-state index in [1.807, 2.05) is 4.31 Å². The van der Waals surface area contributed by atoms with Gasteiger partial charge in [-0.25, -0.2) is 8.51 Å². The van der Waals surface area contributed by atoms with Gasteiger partial charge in [0.15, 0.2) is 0 Å². The van der Waals surface area contributed by atoms with Crippen molar-refractivity contribution in [2.24, 2.45) is 0 Å². The van der Waals surface area contributed by atoms with Crippen LogP contribution in [0.25, 0.3) is 0 Å². The Balaban J connectivity index is 2.69. The standard InChI is InChI=1S/C9H18N2OS/c1-5-13(12)11-7-6-10(4)8(2)9(11)3/h5,8-9H,1,6-7H2,2-4H3. The average Bonchev–Trinajstić information content (AvgIpc) is 2.13. The highest BCUT2D eigenvalue weighted by Gasteiger charge is 2.30. The number of likely N-dealkylation sites (N-methyl/N-ethyl adjacent to an activating group) is 1. The second-order valence-electron chi connectivity index (χ2n) is 3.55. The van der Waals surface area contributed by atoms with Crippen molar-refractivity contribution >= 4 is 11.0 Å². The van der Waals surface area contributed by atoms with Crippen LogP contribution in [0.3, 0.4) is 0 Å². The topological polar surface area (TPSA) is 23.6 Å². The van der Waals surface area contributed by atoms with Gasteiger partial charge in [0.25, 0.3) is 0 Å². The van der Waals surface area contributed by atoms with E-state index in [0.717, 1.165) is 13.1 Å². The molecule has 0 N–H and O–H groups in total. The molecule has 0 bridgehead atoms. The van der Waals surface area contributed by atoms with Crippen LogP contribution in [0.1, 0.15) is 13.8 Å². The number of nitrogens with zero attached hydrogens (tertiary/aromatic N) is 2. The molecule has 0 aromatic carbocycles. The van der Waals surface area contributed by atoms with Crippen LogP contribution in [-0.2, 0) is 11.0 Å². The highest BCUT2D eigenvalue weighted by atomic mass is 32.2. The van der Waals surface area contributed by atoms with Gasteiger partial charge in [0.2, 0.25) is 0 Å². The summed E-state index contributed by atoms with van der Waals surface area (Å²) in [6.45, 7) is 9.67. The molecule has 1 rings (SSSR count). The summed E-state index contributed by atoms with van der Waals surface area (Å²) in [7, 11) is 1.10. The molecular weight excluding hydrogens is 184 g/mol. The van der Waals surface area contributed by atoms with E-state index in [4.69, 9.17) is 0 Å². The average molecular weight is 202 g/mol. The van der Waals surface area contributed by atoms with Crippen molar-refractivity contribution in [2.75, 3.05) is 20.1 Å². The normalized spacial score (nSPS) is 34.4. The van der Waals surface area contributed by atoms with E-state index in [-0.39, 0.29) is 0 Å². The first-order chi connectivity index (χ1) is 6.07. The summed E-state index contributed by atoms with van der Waals surface area (Å²) in [6.07, 6.45) is 0. The van der Waals surface area contributed by atoms with Gasteiger partial charge in [-0.2, -0.15) is 0 Å². The van der Waals surface area contributed by atoms with Crippen molar-refractivity contribution in [3.63, 3.8) is 0 Å². The summed E-state index contributed by atoms with van der Waals surface area (Å²) in [4.78, 5) is 2.29. The zero-order chi connectivity index (χ0) is 10.0. The molecule has 1 aliphatic rings. The lowest BCUT2D eigenvalue weighted by Crippen LogP contribution is -2.55. The molecule has 13 heavy (non-hydrogen) atoms. The van der Waals surface area contributed by atoms with Crippen molar-refractivity contribution in [1.82, 2.24) is 9.21 Å². The van der Waals surface area contributed by atoms with E-state index in [0.29, 0.717) is 12.1 Å². The fourth-order valence-corrected chi connectivity index (χ4v) is 2.58. The van der Waals surface area contributed by atoms with E-state index in [1.165, 1.54) is 5.41 Å². The molecule has 0 amide bonds. The fraction of sp³-hybridized carbons (Fsp3) is 0.778. The molecule has 4 heteroatoms. The lowest BCUT2D eigenvalue weighted by molar-refractivity contribution is 0.114. The minimum Gasteiger partial charge on any atom is -0.301 e. The molecule has 0 aliphatic carbocycles. The van der Waals surface area contributed by atoms with Crippen LogP contribution in [0, 0.1) is 0 Å². The second-order valence-corrected chi connectivity index (χ2v) is 4.90. The summed E-state index contributed by atoms with van der Waals surface area (Å²) in [5, 5.41) is 1.51. The van der Waals surface area contributed by atoms with Crippen molar-refractivity contribution < 1.29 is 4.21 Å². The summed E-state index contributed by atoms with van der Waals surface area (Å²) < 4.78 is 13.5. The predicted molar refractivity (Wildman–Crippen MR) is 56.6 cm³/mol. The highest BCUT2D eigenvalue weighted by molar-refractivity contribution is 7.85. The Bertz CT molecular complexity index is 220. The largest absolute Gasteiger partial charge is 0.301 e. The summed E-state index contributed by atoms with van der Waals surface area (Å²) >= 11 is 0. The van der Waals surface area contributed by atoms with Gasteiger partial charge in [0, 0.05) is 30.6 Å². The molecule has 0 aromatic rings. The molecule has 0 spiro atoms. The quantitative estimate of drug-likeness (QED) is 0.662. The van der Waals surface area contributed by atoms with E-state index in [9.17, 15) is 4.21 Å². The molecule has 3 unspecified atom stereocenters. The maximum absolute atomic E-state index is 11.5. The molecule has 76 valence electrons. The fourth-order valence-electron chi connectivity index (χ4n) is 1.62. The van der Waals surface area contributed by atoms with Crippen LogP contribution >= 0.6 is 0 Å². The Kier molecular flexibility index (Phi) is 3.64. The first-order valence-electron chi connectivity index (χ1n) is 4.58. The molecule has 0 aromatic heterocycles. The van der Waals surface area contributed by atoms with Crippen LogP contribution in [0.15, 0.2) is 12.0 Å². The van der Waals surface area contributed by atoms with E-state index in [2.05, 4.69) is 32.4 Å². The van der Waals surface area contributed by atoms with Crippen LogP contribution < -0.4 is 0 Å². The van der Waals surface area contributed by atoms with Crippen molar-refractivity contribution in [3.05, 3.63) is 12.0 Å². The minimum absolute atomic E-state index is 0.331. The van der Waals surface area contributed by atoms with Crippen LogP contribution in [-0.4, -0.2) is 45.6 Å². The third kappa shape index (κ3) is 2.18. The Morgan fingerprint density at radius 2 is 2.00 bits per heavy atom. The lowest BCUT2D eigenvalue weighted by Gasteiger charge is -2.41. The van der Waals surface area contributed by atoms with Gasteiger partial charge in [-0.3, -0.25) is 0 Å². The van der Waals surface area contributed by atoms with E-state index < -0.39 is 11.0 Å². The van der Waals surface area contributed by atoms with E-state index in [1.54, 1.807) is 0 Å². The molecule has 1 saturated heterocycles. The summed E-state index contributed by atoms with van der Waals surface area (Å²) in [5.41, 5.74) is 0. The first-order valence-corrected chi connectivity index (χ1v) is 5.75. The van der Waals surface area contributed by atoms with Gasteiger partial charge >= 0.3 is 0 Å². The minimum atomic E-state index is -1.01. The molecule has 0 saturated carbocycles. The van der Waals surface area contributed by atoms with Crippen LogP contribution in [0.5, 0.6) is 0 Å². The van der Waals surface area contributed by atoms with Crippen LogP contribution in [0.2, 0.25) is 0 Å². The molecule has 3 nitrogen and oxygen atoms in total. The van der Waals surface area contributed by atoms with Gasteiger partial charge < -0.3 is 4.90 Å². The van der Waals surface area contributed by atoms with Crippen molar-refractivity contribution in [1.29, 1.82) is 0 Å². The SMILES string of the molecule is C=CS(=O)N1CCN(C)C(C)C1C. The molecule has 1 aliphatic heterocycles. The summed E-state index contributed by atoms with van der Waals surface area (Å²) in [5.74, 6) is 0. The Hall–Kier alpha value is -0.190. The molecule has 3 atom stereocenters. The third-order valence-corrected chi connectivity index (χ3v) is 4.16. The number of hydrogen-bond donors (Lipinski definition) is 0. The maximum Gasteiger partial charge on any atom is 0.119 e. The van der Waals surface area contributed by atoms with Crippen LogP contribution in [0.4, 0.5) is 0 Å². The van der Waals surface area contributed by atoms with Gasteiger partial charge in [0.05, 0.1) is 0 Å². The third-order valence-electron chi connectivity index (χ3n) is 2.89. The van der Waals surface area contributed by atoms with Gasteiger partial charge in [-0.05, 0) is 20.9 Å². The lowest BCUT2D eigenvalue weighted by atomic mass is 10.1. The second kappa shape index (κ2) is 4.35. The van der Waals surface area contributed by atoms with Gasteiger partial charge in [-0.15, -0.1) is 0 Å². The molecular formula is C9H18N2OS. The van der Waals surface area contributed by atoms with Crippen molar-refractivity contribution in [2.45, 2.75) is 25.9 Å². The Morgan fingerprint density at radius 1 is 1.38 bits per heavy atom.